The molecule has 2 rings (SSSR count). The molecule has 2 heterocycles. The van der Waals surface area contributed by atoms with Crippen molar-refractivity contribution in [1.29, 1.82) is 0 Å². The predicted molar refractivity (Wildman–Crippen MR) is 78.0 cm³/mol. The summed E-state index contributed by atoms with van der Waals surface area (Å²) in [6, 6.07) is 0.950. The van der Waals surface area contributed by atoms with Crippen LogP contribution >= 0.6 is 0 Å². The van der Waals surface area contributed by atoms with Crippen molar-refractivity contribution >= 4 is 0 Å². The number of likely N-dealkylation sites (tertiary alicyclic amines) is 1. The minimum Gasteiger partial charge on any atom is -0.308 e. The summed E-state index contributed by atoms with van der Waals surface area (Å²) in [6.45, 7) is 12.3. The van der Waals surface area contributed by atoms with Crippen LogP contribution in [-0.2, 0) is 0 Å². The number of nitrogens with one attached hydrogen (secondary N) is 1. The van der Waals surface area contributed by atoms with Crippen molar-refractivity contribution in [2.75, 3.05) is 19.6 Å². The molecule has 2 atom stereocenters. The Labute approximate surface area is 116 Å². The molecular weight excluding hydrogens is 236 g/mol. The number of hydrogen-bond donors (Lipinski definition) is 1. The molecule has 0 radical (unpaired) electrons. The highest BCUT2D eigenvalue weighted by molar-refractivity contribution is 5.12. The van der Waals surface area contributed by atoms with Gasteiger partial charge in [-0.2, -0.15) is 0 Å². The fourth-order valence-corrected chi connectivity index (χ4v) is 2.78. The molecule has 0 saturated carbocycles. The van der Waals surface area contributed by atoms with Crippen LogP contribution in [0.5, 0.6) is 0 Å². The number of aryl methyl sites for hydroxylation is 1. The first-order valence-corrected chi connectivity index (χ1v) is 7.33. The van der Waals surface area contributed by atoms with Gasteiger partial charge in [0.05, 0.1) is 11.4 Å². The topological polar surface area (TPSA) is 41.1 Å². The number of nitrogens with zero attached hydrogens (tertiary/aromatic N) is 3. The van der Waals surface area contributed by atoms with Gasteiger partial charge >= 0.3 is 0 Å². The fraction of sp³-hybridized carbons (Fsp3) is 0.733. The lowest BCUT2D eigenvalue weighted by Crippen LogP contribution is -2.31. The van der Waals surface area contributed by atoms with E-state index < -0.39 is 0 Å². The van der Waals surface area contributed by atoms with E-state index in [9.17, 15) is 0 Å². The molecule has 4 heteroatoms. The van der Waals surface area contributed by atoms with Crippen LogP contribution in [0.3, 0.4) is 0 Å². The smallest absolute Gasteiger partial charge is 0.0782 e. The lowest BCUT2D eigenvalue weighted by molar-refractivity contribution is 0.263. The monoisotopic (exact) mass is 262 g/mol. The Morgan fingerprint density at radius 1 is 1.32 bits per heavy atom. The summed E-state index contributed by atoms with van der Waals surface area (Å²) in [7, 11) is 0. The minimum atomic E-state index is 0.279. The third-order valence-electron chi connectivity index (χ3n) is 4.09. The third-order valence-corrected chi connectivity index (χ3v) is 4.09. The van der Waals surface area contributed by atoms with Gasteiger partial charge in [0.2, 0.25) is 0 Å². The second-order valence-corrected chi connectivity index (χ2v) is 5.90. The van der Waals surface area contributed by atoms with Crippen molar-refractivity contribution in [3.8, 4) is 0 Å². The van der Waals surface area contributed by atoms with Crippen LogP contribution in [0.15, 0.2) is 12.4 Å². The van der Waals surface area contributed by atoms with Crippen LogP contribution in [0.1, 0.15) is 44.6 Å². The third kappa shape index (κ3) is 3.74. The van der Waals surface area contributed by atoms with E-state index in [1.54, 1.807) is 12.4 Å². The molecule has 1 aromatic heterocycles. The summed E-state index contributed by atoms with van der Waals surface area (Å²) >= 11 is 0. The normalized spacial score (nSPS) is 22.1. The van der Waals surface area contributed by atoms with Gasteiger partial charge < -0.3 is 10.2 Å². The Morgan fingerprint density at radius 2 is 2.05 bits per heavy atom. The van der Waals surface area contributed by atoms with Gasteiger partial charge in [0.15, 0.2) is 0 Å². The molecule has 1 aliphatic rings. The van der Waals surface area contributed by atoms with Crippen LogP contribution in [-0.4, -0.2) is 40.5 Å². The zero-order chi connectivity index (χ0) is 13.8. The maximum Gasteiger partial charge on any atom is 0.0782 e. The first kappa shape index (κ1) is 14.4. The second-order valence-electron chi connectivity index (χ2n) is 5.90. The van der Waals surface area contributed by atoms with E-state index in [1.807, 2.05) is 6.92 Å². The second kappa shape index (κ2) is 6.44. The van der Waals surface area contributed by atoms with Crippen LogP contribution in [0, 0.1) is 12.8 Å². The Hall–Kier alpha value is -1.00. The van der Waals surface area contributed by atoms with Crippen molar-refractivity contribution in [3.63, 3.8) is 0 Å². The molecule has 0 aromatic carbocycles. The van der Waals surface area contributed by atoms with E-state index in [4.69, 9.17) is 0 Å². The van der Waals surface area contributed by atoms with Gasteiger partial charge in [0.25, 0.3) is 0 Å². The van der Waals surface area contributed by atoms with Crippen LogP contribution < -0.4 is 5.32 Å². The van der Waals surface area contributed by atoms with E-state index in [0.717, 1.165) is 23.9 Å². The molecule has 0 spiro atoms. The summed E-state index contributed by atoms with van der Waals surface area (Å²) < 4.78 is 0. The van der Waals surface area contributed by atoms with Crippen molar-refractivity contribution in [2.24, 2.45) is 5.92 Å². The Morgan fingerprint density at radius 3 is 2.68 bits per heavy atom. The van der Waals surface area contributed by atoms with Gasteiger partial charge in [-0.15, -0.1) is 0 Å². The van der Waals surface area contributed by atoms with Gasteiger partial charge in [-0.25, -0.2) is 0 Å². The first-order chi connectivity index (χ1) is 9.08. The average Bonchev–Trinajstić information content (AvgIpc) is 2.85. The highest BCUT2D eigenvalue weighted by Crippen LogP contribution is 2.19. The summed E-state index contributed by atoms with van der Waals surface area (Å²) in [5, 5.41) is 3.61. The number of aromatic nitrogens is 2. The van der Waals surface area contributed by atoms with Crippen LogP contribution in [0.25, 0.3) is 0 Å². The van der Waals surface area contributed by atoms with Gasteiger partial charge in [0.1, 0.15) is 0 Å². The molecule has 1 fully saturated rings. The largest absolute Gasteiger partial charge is 0.308 e. The van der Waals surface area contributed by atoms with Crippen LogP contribution in [0.4, 0.5) is 0 Å². The maximum atomic E-state index is 4.43. The molecule has 1 aliphatic heterocycles. The Kier molecular flexibility index (Phi) is 4.88. The van der Waals surface area contributed by atoms with Gasteiger partial charge in [0, 0.05) is 31.0 Å². The summed E-state index contributed by atoms with van der Waals surface area (Å²) in [5.41, 5.74) is 2.10. The van der Waals surface area contributed by atoms with Crippen LogP contribution in [0.2, 0.25) is 0 Å². The first-order valence-electron chi connectivity index (χ1n) is 7.33. The molecule has 0 bridgehead atoms. The number of hydrogen-bond acceptors (Lipinski definition) is 4. The van der Waals surface area contributed by atoms with Crippen molar-refractivity contribution in [1.82, 2.24) is 20.2 Å². The molecule has 0 amide bonds. The molecule has 106 valence electrons. The molecule has 4 nitrogen and oxygen atoms in total. The fourth-order valence-electron chi connectivity index (χ4n) is 2.78. The molecule has 1 aromatic rings. The van der Waals surface area contributed by atoms with Gasteiger partial charge in [-0.3, -0.25) is 9.97 Å². The highest BCUT2D eigenvalue weighted by atomic mass is 15.2. The Balaban J connectivity index is 1.82. The van der Waals surface area contributed by atoms with Crippen molar-refractivity contribution in [3.05, 3.63) is 23.8 Å². The molecular formula is C15H26N4. The zero-order valence-corrected chi connectivity index (χ0v) is 12.6. The lowest BCUT2D eigenvalue weighted by Gasteiger charge is -2.21. The standard InChI is InChI=1S/C15H26N4/c1-11(2)19-8-5-14(10-19)9-18-13(4)15-12(3)16-6-7-17-15/h6-7,11,13-14,18H,5,8-10H2,1-4H3. The SMILES string of the molecule is Cc1nccnc1C(C)NCC1CCN(C(C)C)C1. The molecule has 1 saturated heterocycles. The molecule has 0 aliphatic carbocycles. The van der Waals surface area contributed by atoms with Crippen molar-refractivity contribution < 1.29 is 0 Å². The quantitative estimate of drug-likeness (QED) is 0.883. The highest BCUT2D eigenvalue weighted by Gasteiger charge is 2.24. The average molecular weight is 262 g/mol. The maximum absolute atomic E-state index is 4.43. The molecule has 19 heavy (non-hydrogen) atoms. The molecule has 2 unspecified atom stereocenters. The van der Waals surface area contributed by atoms with Crippen molar-refractivity contribution in [2.45, 2.75) is 46.2 Å². The summed E-state index contributed by atoms with van der Waals surface area (Å²) in [5.74, 6) is 0.766. The van der Waals surface area contributed by atoms with Gasteiger partial charge in [-0.05, 0) is 53.1 Å². The predicted octanol–water partition coefficient (Wildman–Crippen LogP) is 2.17. The van der Waals surface area contributed by atoms with E-state index in [2.05, 4.69) is 41.0 Å². The van der Waals surface area contributed by atoms with E-state index in [0.29, 0.717) is 6.04 Å². The minimum absolute atomic E-state index is 0.279. The zero-order valence-electron chi connectivity index (χ0n) is 12.6. The lowest BCUT2D eigenvalue weighted by atomic mass is 10.1. The molecule has 1 N–H and O–H groups in total. The Bertz CT molecular complexity index is 405. The summed E-state index contributed by atoms with van der Waals surface area (Å²) in [4.78, 5) is 11.3. The number of rotatable bonds is 5. The van der Waals surface area contributed by atoms with E-state index in [-0.39, 0.29) is 6.04 Å². The van der Waals surface area contributed by atoms with Gasteiger partial charge in [-0.1, -0.05) is 0 Å². The van der Waals surface area contributed by atoms with E-state index >= 15 is 0 Å². The van der Waals surface area contributed by atoms with E-state index in [1.165, 1.54) is 19.5 Å². The summed E-state index contributed by atoms with van der Waals surface area (Å²) in [6.07, 6.45) is 4.83.